The molecular weight excluding hydrogens is 350 g/mol. The Kier molecular flexibility index (Phi) is 8.24. The lowest BCUT2D eigenvalue weighted by atomic mass is 10.2. The van der Waals surface area contributed by atoms with Crippen molar-refractivity contribution in [2.24, 2.45) is 0 Å². The maximum Gasteiger partial charge on any atom is 0.249 e. The van der Waals surface area contributed by atoms with Crippen molar-refractivity contribution in [3.63, 3.8) is 0 Å². The first kappa shape index (κ1) is 20.1. The molecule has 7 heteroatoms. The van der Waals surface area contributed by atoms with E-state index in [1.807, 2.05) is 44.2 Å². The van der Waals surface area contributed by atoms with Gasteiger partial charge in [-0.1, -0.05) is 43.7 Å². The minimum absolute atomic E-state index is 0.00611. The standard InChI is InChI=1S/C19H25N3O3S/c1-3-4-10-22(12-17(23)21-19-20-11-15(2)26-19)18(24)14-25-13-16-8-6-5-7-9-16/h5-9,11H,3-4,10,12-14H2,1-2H3,(H,20,21,23). The molecular formula is C19H25N3O3S. The van der Waals surface area contributed by atoms with Gasteiger partial charge in [0.25, 0.3) is 0 Å². The van der Waals surface area contributed by atoms with Crippen LogP contribution >= 0.6 is 11.3 Å². The number of hydrogen-bond donors (Lipinski definition) is 1. The summed E-state index contributed by atoms with van der Waals surface area (Å²) >= 11 is 1.41. The van der Waals surface area contributed by atoms with E-state index in [0.717, 1.165) is 23.3 Å². The fourth-order valence-electron chi connectivity index (χ4n) is 2.31. The number of nitrogens with zero attached hydrogens (tertiary/aromatic N) is 2. The molecule has 0 aliphatic heterocycles. The lowest BCUT2D eigenvalue weighted by Gasteiger charge is -2.21. The van der Waals surface area contributed by atoms with E-state index >= 15 is 0 Å². The Morgan fingerprint density at radius 2 is 2.04 bits per heavy atom. The smallest absolute Gasteiger partial charge is 0.249 e. The van der Waals surface area contributed by atoms with Gasteiger partial charge in [-0.3, -0.25) is 9.59 Å². The monoisotopic (exact) mass is 375 g/mol. The quantitative estimate of drug-likeness (QED) is 0.692. The maximum atomic E-state index is 12.4. The molecule has 0 aliphatic rings. The molecule has 1 aromatic carbocycles. The van der Waals surface area contributed by atoms with Crippen molar-refractivity contribution in [2.75, 3.05) is 25.0 Å². The zero-order valence-electron chi connectivity index (χ0n) is 15.2. The minimum Gasteiger partial charge on any atom is -0.367 e. The number of unbranched alkanes of at least 4 members (excludes halogenated alkanes) is 1. The van der Waals surface area contributed by atoms with Gasteiger partial charge >= 0.3 is 0 Å². The summed E-state index contributed by atoms with van der Waals surface area (Å²) < 4.78 is 5.51. The number of benzene rings is 1. The van der Waals surface area contributed by atoms with Crippen molar-refractivity contribution in [1.29, 1.82) is 0 Å². The molecule has 1 N–H and O–H groups in total. The summed E-state index contributed by atoms with van der Waals surface area (Å²) in [4.78, 5) is 31.3. The lowest BCUT2D eigenvalue weighted by molar-refractivity contribution is -0.139. The summed E-state index contributed by atoms with van der Waals surface area (Å²) in [5.41, 5.74) is 1.01. The Labute approximate surface area is 158 Å². The van der Waals surface area contributed by atoms with E-state index in [4.69, 9.17) is 4.74 Å². The fraction of sp³-hybridized carbons (Fsp3) is 0.421. The van der Waals surface area contributed by atoms with Crippen LogP contribution in [0.2, 0.25) is 0 Å². The summed E-state index contributed by atoms with van der Waals surface area (Å²) in [5.74, 6) is -0.424. The molecule has 0 atom stereocenters. The van der Waals surface area contributed by atoms with Gasteiger partial charge < -0.3 is 15.0 Å². The molecule has 0 saturated carbocycles. The van der Waals surface area contributed by atoms with E-state index < -0.39 is 0 Å². The van der Waals surface area contributed by atoms with Gasteiger partial charge in [-0.05, 0) is 18.9 Å². The number of anilines is 1. The Hall–Kier alpha value is -2.25. The molecule has 0 saturated heterocycles. The number of hydrogen-bond acceptors (Lipinski definition) is 5. The first-order chi connectivity index (χ1) is 12.6. The number of nitrogens with one attached hydrogen (secondary N) is 1. The third kappa shape index (κ3) is 6.93. The molecule has 0 unspecified atom stereocenters. The number of thiazole rings is 1. The summed E-state index contributed by atoms with van der Waals surface area (Å²) in [7, 11) is 0. The van der Waals surface area contributed by atoms with E-state index in [1.54, 1.807) is 11.1 Å². The first-order valence-electron chi connectivity index (χ1n) is 8.70. The zero-order valence-corrected chi connectivity index (χ0v) is 16.1. The van der Waals surface area contributed by atoms with Gasteiger partial charge in [0.2, 0.25) is 11.8 Å². The van der Waals surface area contributed by atoms with Crippen LogP contribution in [0.1, 0.15) is 30.2 Å². The van der Waals surface area contributed by atoms with E-state index in [1.165, 1.54) is 11.3 Å². The Balaban J connectivity index is 1.83. The highest BCUT2D eigenvalue weighted by molar-refractivity contribution is 7.15. The molecule has 0 radical (unpaired) electrons. The Morgan fingerprint density at radius 1 is 1.27 bits per heavy atom. The maximum absolute atomic E-state index is 12.4. The van der Waals surface area contributed by atoms with Gasteiger partial charge in [0.1, 0.15) is 6.61 Å². The number of ether oxygens (including phenoxy) is 1. The number of amides is 2. The minimum atomic E-state index is -0.244. The third-order valence-corrected chi connectivity index (χ3v) is 4.50. The van der Waals surface area contributed by atoms with E-state index in [-0.39, 0.29) is 25.0 Å². The van der Waals surface area contributed by atoms with E-state index in [2.05, 4.69) is 10.3 Å². The summed E-state index contributed by atoms with van der Waals surface area (Å²) in [6, 6.07) is 9.69. The van der Waals surface area contributed by atoms with Gasteiger partial charge in [0, 0.05) is 17.6 Å². The third-order valence-electron chi connectivity index (χ3n) is 3.67. The second kappa shape index (κ2) is 10.7. The van der Waals surface area contributed by atoms with Crippen LogP contribution in [0.4, 0.5) is 5.13 Å². The van der Waals surface area contributed by atoms with Crippen LogP contribution < -0.4 is 5.32 Å². The summed E-state index contributed by atoms with van der Waals surface area (Å²) in [5, 5.41) is 3.29. The highest BCUT2D eigenvalue weighted by Gasteiger charge is 2.17. The molecule has 1 aromatic heterocycles. The molecule has 6 nitrogen and oxygen atoms in total. The van der Waals surface area contributed by atoms with Crippen LogP contribution in [-0.4, -0.2) is 41.4 Å². The lowest BCUT2D eigenvalue weighted by Crippen LogP contribution is -2.40. The van der Waals surface area contributed by atoms with Crippen LogP contribution in [0, 0.1) is 6.92 Å². The van der Waals surface area contributed by atoms with Crippen LogP contribution in [0.15, 0.2) is 36.5 Å². The highest BCUT2D eigenvalue weighted by Crippen LogP contribution is 2.16. The SMILES string of the molecule is CCCCN(CC(=O)Nc1ncc(C)s1)C(=O)COCc1ccccc1. The number of carbonyl (C=O) groups is 2. The number of rotatable bonds is 10. The van der Waals surface area contributed by atoms with Crippen molar-refractivity contribution >= 4 is 28.3 Å². The number of aryl methyl sites for hydroxylation is 1. The van der Waals surface area contributed by atoms with Crippen molar-refractivity contribution in [2.45, 2.75) is 33.3 Å². The van der Waals surface area contributed by atoms with Crippen molar-refractivity contribution in [3.05, 3.63) is 47.0 Å². The average molecular weight is 375 g/mol. The largest absolute Gasteiger partial charge is 0.367 e. The molecule has 0 bridgehead atoms. The Bertz CT molecular complexity index is 703. The molecule has 2 aromatic rings. The van der Waals surface area contributed by atoms with Gasteiger partial charge in [-0.15, -0.1) is 11.3 Å². The van der Waals surface area contributed by atoms with E-state index in [0.29, 0.717) is 18.3 Å². The second-order valence-electron chi connectivity index (χ2n) is 5.97. The predicted molar refractivity (Wildman–Crippen MR) is 103 cm³/mol. The van der Waals surface area contributed by atoms with Gasteiger partial charge in [-0.25, -0.2) is 4.98 Å². The topological polar surface area (TPSA) is 71.5 Å². The Morgan fingerprint density at radius 3 is 2.69 bits per heavy atom. The molecule has 0 fully saturated rings. The molecule has 1 heterocycles. The van der Waals surface area contributed by atoms with Crippen molar-refractivity contribution < 1.29 is 14.3 Å². The normalized spacial score (nSPS) is 10.5. The van der Waals surface area contributed by atoms with Gasteiger partial charge in [0.05, 0.1) is 13.2 Å². The highest BCUT2D eigenvalue weighted by atomic mass is 32.1. The van der Waals surface area contributed by atoms with Crippen LogP contribution in [0.25, 0.3) is 0 Å². The van der Waals surface area contributed by atoms with Crippen LogP contribution in [0.5, 0.6) is 0 Å². The number of carbonyl (C=O) groups excluding carboxylic acids is 2. The second-order valence-corrected chi connectivity index (χ2v) is 7.21. The fourth-order valence-corrected chi connectivity index (χ4v) is 2.99. The first-order valence-corrected chi connectivity index (χ1v) is 9.52. The molecule has 26 heavy (non-hydrogen) atoms. The van der Waals surface area contributed by atoms with Crippen molar-refractivity contribution in [3.8, 4) is 0 Å². The van der Waals surface area contributed by atoms with Crippen LogP contribution in [0.3, 0.4) is 0 Å². The molecule has 140 valence electrons. The molecule has 0 aliphatic carbocycles. The molecule has 2 rings (SSSR count). The van der Waals surface area contributed by atoms with Crippen molar-refractivity contribution in [1.82, 2.24) is 9.88 Å². The average Bonchev–Trinajstić information content (AvgIpc) is 3.04. The summed E-state index contributed by atoms with van der Waals surface area (Å²) in [6.07, 6.45) is 3.49. The summed E-state index contributed by atoms with van der Waals surface area (Å²) in [6.45, 7) is 4.85. The van der Waals surface area contributed by atoms with Gasteiger partial charge in [0.15, 0.2) is 5.13 Å². The molecule has 2 amide bonds. The van der Waals surface area contributed by atoms with Gasteiger partial charge in [-0.2, -0.15) is 0 Å². The zero-order chi connectivity index (χ0) is 18.8. The molecule has 0 spiro atoms. The number of aromatic nitrogens is 1. The van der Waals surface area contributed by atoms with Crippen LogP contribution in [-0.2, 0) is 20.9 Å². The van der Waals surface area contributed by atoms with E-state index in [9.17, 15) is 9.59 Å². The predicted octanol–water partition coefficient (Wildman–Crippen LogP) is 3.24.